The Labute approximate surface area is 97.1 Å². The zero-order valence-corrected chi connectivity index (χ0v) is 10.6. The highest BCUT2D eigenvalue weighted by Gasteiger charge is 2.33. The molecule has 88 valence electrons. The first-order chi connectivity index (χ1) is 7.27. The molecule has 0 N–H and O–H groups in total. The van der Waals surface area contributed by atoms with E-state index in [1.54, 1.807) is 0 Å². The molecule has 2 saturated heterocycles. The molecule has 0 aromatic heterocycles. The van der Waals surface area contributed by atoms with Crippen molar-refractivity contribution < 1.29 is 9.47 Å². The third kappa shape index (κ3) is 3.11. The predicted molar refractivity (Wildman–Crippen MR) is 64.2 cm³/mol. The highest BCUT2D eigenvalue weighted by atomic mass is 32.2. The summed E-state index contributed by atoms with van der Waals surface area (Å²) in [5.41, 5.74) is 0. The summed E-state index contributed by atoms with van der Waals surface area (Å²) in [6.07, 6.45) is 5.27. The van der Waals surface area contributed by atoms with E-state index in [9.17, 15) is 0 Å². The number of hydrogen-bond acceptors (Lipinski definition) is 3. The zero-order chi connectivity index (χ0) is 10.7. The van der Waals surface area contributed by atoms with Crippen LogP contribution in [0.15, 0.2) is 0 Å². The minimum absolute atomic E-state index is 0.0868. The molecular formula is C12H22O2S. The Bertz CT molecular complexity index is 190. The second kappa shape index (κ2) is 5.55. The molecule has 0 amide bonds. The molecule has 2 fully saturated rings. The van der Waals surface area contributed by atoms with Crippen LogP contribution in [0.1, 0.15) is 39.5 Å². The van der Waals surface area contributed by atoms with Crippen LogP contribution < -0.4 is 0 Å². The lowest BCUT2D eigenvalue weighted by molar-refractivity contribution is -0.188. The van der Waals surface area contributed by atoms with Gasteiger partial charge in [-0.25, -0.2) is 0 Å². The van der Waals surface area contributed by atoms with Gasteiger partial charge < -0.3 is 9.47 Å². The molecule has 2 aliphatic heterocycles. The summed E-state index contributed by atoms with van der Waals surface area (Å²) in [5, 5.41) is 0.676. The van der Waals surface area contributed by atoms with Crippen LogP contribution in [0.5, 0.6) is 0 Å². The highest BCUT2D eigenvalue weighted by Crippen LogP contribution is 2.35. The molecule has 3 atom stereocenters. The fourth-order valence-electron chi connectivity index (χ4n) is 2.37. The average molecular weight is 230 g/mol. The Kier molecular flexibility index (Phi) is 4.35. The minimum Gasteiger partial charge on any atom is -0.353 e. The molecule has 2 rings (SSSR count). The van der Waals surface area contributed by atoms with E-state index in [-0.39, 0.29) is 6.29 Å². The molecule has 2 aliphatic rings. The van der Waals surface area contributed by atoms with Gasteiger partial charge in [-0.2, -0.15) is 11.8 Å². The second-order valence-electron chi connectivity index (χ2n) is 4.84. The SMILES string of the molecule is CC(C)[C@H]1SCC[C@H]1OC1CCCCO1. The van der Waals surface area contributed by atoms with E-state index < -0.39 is 0 Å². The van der Waals surface area contributed by atoms with Crippen molar-refractivity contribution in [2.24, 2.45) is 5.92 Å². The summed E-state index contributed by atoms with van der Waals surface area (Å²) in [7, 11) is 0. The monoisotopic (exact) mass is 230 g/mol. The third-order valence-electron chi connectivity index (χ3n) is 3.20. The minimum atomic E-state index is 0.0868. The summed E-state index contributed by atoms with van der Waals surface area (Å²) in [6, 6.07) is 0. The summed E-state index contributed by atoms with van der Waals surface area (Å²) < 4.78 is 11.7. The van der Waals surface area contributed by atoms with Gasteiger partial charge >= 0.3 is 0 Å². The molecule has 3 heteroatoms. The van der Waals surface area contributed by atoms with Gasteiger partial charge in [-0.05, 0) is 37.4 Å². The maximum absolute atomic E-state index is 6.08. The summed E-state index contributed by atoms with van der Waals surface area (Å²) in [4.78, 5) is 0. The topological polar surface area (TPSA) is 18.5 Å². The maximum Gasteiger partial charge on any atom is 0.158 e. The molecule has 0 aromatic carbocycles. The molecule has 0 bridgehead atoms. The first-order valence-electron chi connectivity index (χ1n) is 6.16. The van der Waals surface area contributed by atoms with E-state index in [0.29, 0.717) is 17.3 Å². The molecule has 0 aliphatic carbocycles. The quantitative estimate of drug-likeness (QED) is 0.742. The van der Waals surface area contributed by atoms with Gasteiger partial charge in [-0.15, -0.1) is 0 Å². The second-order valence-corrected chi connectivity index (χ2v) is 6.12. The first-order valence-corrected chi connectivity index (χ1v) is 7.21. The van der Waals surface area contributed by atoms with E-state index >= 15 is 0 Å². The van der Waals surface area contributed by atoms with Crippen LogP contribution in [0.2, 0.25) is 0 Å². The number of rotatable bonds is 3. The van der Waals surface area contributed by atoms with Crippen LogP contribution >= 0.6 is 11.8 Å². The Morgan fingerprint density at radius 3 is 2.80 bits per heavy atom. The fraction of sp³-hybridized carbons (Fsp3) is 1.00. The average Bonchev–Trinajstić information content (AvgIpc) is 2.67. The Morgan fingerprint density at radius 2 is 2.13 bits per heavy atom. The van der Waals surface area contributed by atoms with Gasteiger partial charge in [0.1, 0.15) is 0 Å². The lowest BCUT2D eigenvalue weighted by atomic mass is 10.0. The van der Waals surface area contributed by atoms with Gasteiger partial charge in [-0.1, -0.05) is 13.8 Å². The molecule has 2 nitrogen and oxygen atoms in total. The molecule has 2 heterocycles. The van der Waals surface area contributed by atoms with E-state index in [4.69, 9.17) is 9.47 Å². The van der Waals surface area contributed by atoms with Gasteiger partial charge in [0.2, 0.25) is 0 Å². The van der Waals surface area contributed by atoms with Crippen LogP contribution in [-0.2, 0) is 9.47 Å². The van der Waals surface area contributed by atoms with E-state index in [1.807, 2.05) is 0 Å². The summed E-state index contributed by atoms with van der Waals surface area (Å²) in [5.74, 6) is 1.96. The molecule has 15 heavy (non-hydrogen) atoms. The van der Waals surface area contributed by atoms with E-state index in [2.05, 4.69) is 25.6 Å². The van der Waals surface area contributed by atoms with Gasteiger partial charge in [0, 0.05) is 11.9 Å². The molecular weight excluding hydrogens is 208 g/mol. The highest BCUT2D eigenvalue weighted by molar-refractivity contribution is 8.00. The van der Waals surface area contributed by atoms with Gasteiger partial charge in [0.15, 0.2) is 6.29 Å². The van der Waals surface area contributed by atoms with Crippen LogP contribution in [0, 0.1) is 5.92 Å². The van der Waals surface area contributed by atoms with Crippen molar-refractivity contribution in [2.75, 3.05) is 12.4 Å². The van der Waals surface area contributed by atoms with Gasteiger partial charge in [0.25, 0.3) is 0 Å². The van der Waals surface area contributed by atoms with Crippen LogP contribution in [0.3, 0.4) is 0 Å². The van der Waals surface area contributed by atoms with Crippen LogP contribution in [-0.4, -0.2) is 30.0 Å². The normalized spacial score (nSPS) is 37.4. The molecule has 0 saturated carbocycles. The van der Waals surface area contributed by atoms with Crippen molar-refractivity contribution in [1.29, 1.82) is 0 Å². The molecule has 0 radical (unpaired) electrons. The Balaban J connectivity index is 1.81. The van der Waals surface area contributed by atoms with Crippen LogP contribution in [0.4, 0.5) is 0 Å². The fourth-order valence-corrected chi connectivity index (χ4v) is 3.81. The van der Waals surface area contributed by atoms with Crippen LogP contribution in [0.25, 0.3) is 0 Å². The smallest absolute Gasteiger partial charge is 0.158 e. The van der Waals surface area contributed by atoms with Crippen molar-refractivity contribution in [2.45, 2.75) is 57.2 Å². The van der Waals surface area contributed by atoms with Crippen molar-refractivity contribution in [3.63, 3.8) is 0 Å². The van der Waals surface area contributed by atoms with Crippen molar-refractivity contribution in [3.05, 3.63) is 0 Å². The maximum atomic E-state index is 6.08. The standard InChI is InChI=1S/C12H22O2S/c1-9(2)12-10(6-8-15-12)14-11-5-3-4-7-13-11/h9-12H,3-8H2,1-2H3/t10-,11?,12-/m1/s1. The number of hydrogen-bond donors (Lipinski definition) is 0. The molecule has 0 spiro atoms. The molecule has 1 unspecified atom stereocenters. The van der Waals surface area contributed by atoms with Crippen molar-refractivity contribution in [1.82, 2.24) is 0 Å². The van der Waals surface area contributed by atoms with Gasteiger partial charge in [-0.3, -0.25) is 0 Å². The van der Waals surface area contributed by atoms with E-state index in [1.165, 1.54) is 25.0 Å². The van der Waals surface area contributed by atoms with E-state index in [0.717, 1.165) is 13.0 Å². The predicted octanol–water partition coefficient (Wildman–Crippen LogP) is 3.06. The van der Waals surface area contributed by atoms with Crippen molar-refractivity contribution in [3.8, 4) is 0 Å². The van der Waals surface area contributed by atoms with Crippen molar-refractivity contribution >= 4 is 11.8 Å². The van der Waals surface area contributed by atoms with Gasteiger partial charge in [0.05, 0.1) is 6.10 Å². The third-order valence-corrected chi connectivity index (χ3v) is 4.90. The first kappa shape index (κ1) is 11.7. The largest absolute Gasteiger partial charge is 0.353 e. The number of thioether (sulfide) groups is 1. The Hall–Kier alpha value is 0.270. The Morgan fingerprint density at radius 1 is 1.27 bits per heavy atom. The molecule has 0 aromatic rings. The summed E-state index contributed by atoms with van der Waals surface area (Å²) in [6.45, 7) is 5.47. The lowest BCUT2D eigenvalue weighted by Gasteiger charge is -2.29. The zero-order valence-electron chi connectivity index (χ0n) is 9.78. The number of ether oxygens (including phenoxy) is 2. The summed E-state index contributed by atoms with van der Waals surface area (Å²) >= 11 is 2.07. The lowest BCUT2D eigenvalue weighted by Crippen LogP contribution is -2.33.